The monoisotopic (exact) mass is 296 g/mol. The van der Waals surface area contributed by atoms with Gasteiger partial charge in [0.2, 0.25) is 0 Å². The molecule has 1 nitrogen and oxygen atoms in total. The molecule has 0 aromatic heterocycles. The Balaban J connectivity index is 1.68. The van der Waals surface area contributed by atoms with Crippen molar-refractivity contribution in [3.05, 3.63) is 23.3 Å². The van der Waals surface area contributed by atoms with Gasteiger partial charge in [-0.25, -0.2) is 0 Å². The van der Waals surface area contributed by atoms with Crippen molar-refractivity contribution in [1.29, 1.82) is 0 Å². The van der Waals surface area contributed by atoms with E-state index in [1.807, 2.05) is 0 Å². The highest BCUT2D eigenvalue weighted by Gasteiger charge is 2.56. The minimum Gasteiger partial charge on any atom is -0.389 e. The second kappa shape index (κ2) is 4.75. The number of aliphatic hydroxyl groups excluding tert-OH is 1. The van der Waals surface area contributed by atoms with E-state index >= 15 is 0 Å². The summed E-state index contributed by atoms with van der Waals surface area (Å²) >= 11 is 0. The lowest BCUT2D eigenvalue weighted by Crippen LogP contribution is -2.50. The van der Waals surface area contributed by atoms with Gasteiger partial charge >= 0.3 is 0 Å². The molecule has 0 aromatic rings. The lowest BCUT2D eigenvalue weighted by atomic mass is 9.47. The molecular weight excluding hydrogens is 268 g/mol. The maximum atomic E-state index is 10.0. The van der Waals surface area contributed by atoms with Gasteiger partial charge in [-0.05, 0) is 68.1 Å². The first-order chi connectivity index (χ1) is 10.5. The van der Waals surface area contributed by atoms with Crippen LogP contribution in [0.25, 0.3) is 0 Å². The molecule has 22 heavy (non-hydrogen) atoms. The zero-order valence-electron chi connectivity index (χ0n) is 13.9. The van der Waals surface area contributed by atoms with Crippen LogP contribution in [0.3, 0.4) is 0 Å². The fourth-order valence-electron chi connectivity index (χ4n) is 6.50. The number of rotatable bonds is 0. The standard InChI is InChI=1S/C21H28O/c1-4-14-6-8-18-17-7-5-15-13-16(22)9-11-21(15,3)19(17)10-12-20(14,18)2/h1,6,13,16-19,22H,5,7-12H2,2-3H3/t16?,17?,18?,19?,20-,21+/m1/s1. The van der Waals surface area contributed by atoms with Crippen molar-refractivity contribution in [3.63, 3.8) is 0 Å². The Morgan fingerprint density at radius 1 is 1.14 bits per heavy atom. The van der Waals surface area contributed by atoms with Crippen molar-refractivity contribution in [2.75, 3.05) is 0 Å². The van der Waals surface area contributed by atoms with Crippen LogP contribution in [0.2, 0.25) is 0 Å². The molecule has 1 N–H and O–H groups in total. The third-order valence-electron chi connectivity index (χ3n) is 7.83. The molecule has 0 aromatic carbocycles. The average molecular weight is 296 g/mol. The lowest BCUT2D eigenvalue weighted by Gasteiger charge is -2.58. The van der Waals surface area contributed by atoms with Crippen LogP contribution < -0.4 is 0 Å². The summed E-state index contributed by atoms with van der Waals surface area (Å²) < 4.78 is 0. The Hall–Kier alpha value is -1.00. The van der Waals surface area contributed by atoms with Crippen LogP contribution in [-0.4, -0.2) is 11.2 Å². The third kappa shape index (κ3) is 1.77. The summed E-state index contributed by atoms with van der Waals surface area (Å²) in [6, 6.07) is 0. The Morgan fingerprint density at radius 3 is 2.68 bits per heavy atom. The molecule has 4 unspecified atom stereocenters. The minimum absolute atomic E-state index is 0.199. The first kappa shape index (κ1) is 14.6. The van der Waals surface area contributed by atoms with E-state index in [1.54, 1.807) is 5.57 Å². The number of hydrogen-bond acceptors (Lipinski definition) is 1. The zero-order valence-corrected chi connectivity index (χ0v) is 13.9. The number of hydrogen-bond donors (Lipinski definition) is 1. The molecule has 2 fully saturated rings. The third-order valence-corrected chi connectivity index (χ3v) is 7.83. The van der Waals surface area contributed by atoms with E-state index in [0.29, 0.717) is 5.41 Å². The van der Waals surface area contributed by atoms with E-state index in [-0.39, 0.29) is 11.5 Å². The summed E-state index contributed by atoms with van der Waals surface area (Å²) in [5, 5.41) is 10.0. The van der Waals surface area contributed by atoms with Crippen molar-refractivity contribution in [2.45, 2.75) is 64.9 Å². The number of fused-ring (bicyclic) bond motifs is 5. The smallest absolute Gasteiger partial charge is 0.0724 e. The molecule has 0 heterocycles. The van der Waals surface area contributed by atoms with Gasteiger partial charge in [-0.2, -0.15) is 0 Å². The molecule has 0 amide bonds. The topological polar surface area (TPSA) is 20.2 Å². The van der Waals surface area contributed by atoms with Gasteiger partial charge in [0.15, 0.2) is 0 Å². The molecule has 6 atom stereocenters. The molecule has 0 spiro atoms. The average Bonchev–Trinajstić information content (AvgIpc) is 2.84. The van der Waals surface area contributed by atoms with Gasteiger partial charge in [0.1, 0.15) is 0 Å². The molecule has 118 valence electrons. The Labute approximate surface area is 134 Å². The van der Waals surface area contributed by atoms with Crippen molar-refractivity contribution in [2.24, 2.45) is 28.6 Å². The van der Waals surface area contributed by atoms with E-state index < -0.39 is 0 Å². The number of terminal acetylenes is 1. The second-order valence-electron chi connectivity index (χ2n) is 8.58. The SMILES string of the molecule is C#CC1=CCC2C3CCC4=CC(O)CC[C@]4(C)C3CC[C@]12C. The predicted octanol–water partition coefficient (Wildman–Crippen LogP) is 4.48. The van der Waals surface area contributed by atoms with Crippen molar-refractivity contribution < 1.29 is 5.11 Å². The lowest BCUT2D eigenvalue weighted by molar-refractivity contribution is -0.0328. The second-order valence-corrected chi connectivity index (χ2v) is 8.58. The van der Waals surface area contributed by atoms with Gasteiger partial charge in [-0.3, -0.25) is 0 Å². The molecule has 2 saturated carbocycles. The van der Waals surface area contributed by atoms with Crippen molar-refractivity contribution in [1.82, 2.24) is 0 Å². The van der Waals surface area contributed by atoms with Gasteiger partial charge in [-0.15, -0.1) is 6.42 Å². The summed E-state index contributed by atoms with van der Waals surface area (Å²) in [5.41, 5.74) is 3.44. The van der Waals surface area contributed by atoms with Gasteiger partial charge in [0.25, 0.3) is 0 Å². The fourth-order valence-corrected chi connectivity index (χ4v) is 6.50. The first-order valence-electron chi connectivity index (χ1n) is 9.05. The van der Waals surface area contributed by atoms with E-state index in [2.05, 4.69) is 31.9 Å². The van der Waals surface area contributed by atoms with E-state index in [4.69, 9.17) is 6.42 Å². The van der Waals surface area contributed by atoms with Crippen LogP contribution in [0.4, 0.5) is 0 Å². The molecule has 0 aliphatic heterocycles. The van der Waals surface area contributed by atoms with Gasteiger partial charge in [-0.1, -0.05) is 37.5 Å². The van der Waals surface area contributed by atoms with Gasteiger partial charge in [0.05, 0.1) is 6.10 Å². The Morgan fingerprint density at radius 2 is 1.91 bits per heavy atom. The van der Waals surface area contributed by atoms with Crippen LogP contribution in [0, 0.1) is 40.9 Å². The van der Waals surface area contributed by atoms with E-state index in [9.17, 15) is 5.11 Å². The molecule has 4 aliphatic carbocycles. The summed E-state index contributed by atoms with van der Waals surface area (Å²) in [5.74, 6) is 5.35. The molecule has 4 rings (SSSR count). The highest BCUT2D eigenvalue weighted by molar-refractivity contribution is 5.39. The highest BCUT2D eigenvalue weighted by Crippen LogP contribution is 2.65. The van der Waals surface area contributed by atoms with Crippen LogP contribution in [0.1, 0.15) is 58.8 Å². The zero-order chi connectivity index (χ0) is 15.5. The summed E-state index contributed by atoms with van der Waals surface area (Å²) in [6.45, 7) is 4.90. The Kier molecular flexibility index (Phi) is 3.15. The molecular formula is C21H28O. The molecule has 0 saturated heterocycles. The number of allylic oxidation sites excluding steroid dienone is 3. The van der Waals surface area contributed by atoms with E-state index in [1.165, 1.54) is 44.1 Å². The summed E-state index contributed by atoms with van der Waals surface area (Å²) in [4.78, 5) is 0. The number of aliphatic hydroxyl groups is 1. The van der Waals surface area contributed by atoms with Crippen molar-refractivity contribution >= 4 is 0 Å². The quantitative estimate of drug-likeness (QED) is 0.516. The maximum absolute atomic E-state index is 10.0. The van der Waals surface area contributed by atoms with E-state index in [0.717, 1.165) is 24.2 Å². The maximum Gasteiger partial charge on any atom is 0.0724 e. The van der Waals surface area contributed by atoms with Crippen LogP contribution in [0.5, 0.6) is 0 Å². The highest BCUT2D eigenvalue weighted by atomic mass is 16.3. The first-order valence-corrected chi connectivity index (χ1v) is 9.05. The van der Waals surface area contributed by atoms with Crippen molar-refractivity contribution in [3.8, 4) is 12.3 Å². The minimum atomic E-state index is -0.199. The molecule has 1 heteroatoms. The fraction of sp³-hybridized carbons (Fsp3) is 0.714. The van der Waals surface area contributed by atoms with Gasteiger partial charge < -0.3 is 5.11 Å². The largest absolute Gasteiger partial charge is 0.389 e. The van der Waals surface area contributed by atoms with Crippen LogP contribution >= 0.6 is 0 Å². The molecule has 0 bridgehead atoms. The summed E-state index contributed by atoms with van der Waals surface area (Å²) in [6.07, 6.45) is 18.5. The molecule has 0 radical (unpaired) electrons. The van der Waals surface area contributed by atoms with Crippen LogP contribution in [0.15, 0.2) is 23.3 Å². The summed E-state index contributed by atoms with van der Waals surface area (Å²) in [7, 11) is 0. The Bertz CT molecular complexity index is 592. The normalized spacial score (nSPS) is 50.1. The molecule has 4 aliphatic rings. The van der Waals surface area contributed by atoms with Crippen LogP contribution in [-0.2, 0) is 0 Å². The van der Waals surface area contributed by atoms with Gasteiger partial charge in [0, 0.05) is 11.0 Å². The predicted molar refractivity (Wildman–Crippen MR) is 90.0 cm³/mol.